The predicted octanol–water partition coefficient (Wildman–Crippen LogP) is 4.38. The summed E-state index contributed by atoms with van der Waals surface area (Å²) in [6.07, 6.45) is 7.71. The summed E-state index contributed by atoms with van der Waals surface area (Å²) in [4.78, 5) is 10.2. The van der Waals surface area contributed by atoms with Crippen molar-refractivity contribution in [3.05, 3.63) is 71.8 Å². The lowest BCUT2D eigenvalue weighted by Crippen LogP contribution is -1.94. The molecule has 0 unspecified atom stereocenters. The van der Waals surface area contributed by atoms with Gasteiger partial charge in [-0.1, -0.05) is 60.7 Å². The fourth-order valence-corrected chi connectivity index (χ4v) is 2.06. The Morgan fingerprint density at radius 1 is 0.708 bits per heavy atom. The lowest BCUT2D eigenvalue weighted by Gasteiger charge is -2.07. The second-order valence-corrected chi connectivity index (χ2v) is 4.90. The van der Waals surface area contributed by atoms with Crippen LogP contribution in [0.15, 0.2) is 60.7 Å². The molecular formula is C20H22O4. The van der Waals surface area contributed by atoms with E-state index in [0.717, 1.165) is 11.1 Å². The first-order valence-electron chi connectivity index (χ1n) is 7.68. The molecule has 4 heteroatoms. The maximum Gasteiger partial charge on any atom is 0.161 e. The monoisotopic (exact) mass is 326 g/mol. The fourth-order valence-electron chi connectivity index (χ4n) is 2.06. The molecule has 2 rings (SSSR count). The molecule has 0 aromatic heterocycles. The highest BCUT2D eigenvalue weighted by molar-refractivity contribution is 5.55. The Labute approximate surface area is 142 Å². The first-order valence-corrected chi connectivity index (χ1v) is 7.68. The Kier molecular flexibility index (Phi) is 7.60. The van der Waals surface area contributed by atoms with E-state index in [-0.39, 0.29) is 0 Å². The first-order chi connectivity index (χ1) is 11.8. The van der Waals surface area contributed by atoms with Gasteiger partial charge in [-0.05, 0) is 23.3 Å². The van der Waals surface area contributed by atoms with Crippen LogP contribution in [0.5, 0.6) is 11.5 Å². The number of ether oxygens (including phenoxy) is 2. The van der Waals surface area contributed by atoms with E-state index in [1.807, 2.05) is 72.8 Å². The highest BCUT2D eigenvalue weighted by atomic mass is 17.2. The average molecular weight is 326 g/mol. The number of benzene rings is 2. The Bertz CT molecular complexity index is 663. The van der Waals surface area contributed by atoms with E-state index in [1.165, 1.54) is 0 Å². The van der Waals surface area contributed by atoms with Gasteiger partial charge in [0, 0.05) is 0 Å². The molecule has 0 bridgehead atoms. The van der Waals surface area contributed by atoms with Crippen molar-refractivity contribution in [1.82, 2.24) is 0 Å². The van der Waals surface area contributed by atoms with E-state index >= 15 is 0 Å². The maximum absolute atomic E-state index is 5.26. The standard InChI is InChI=1S/C20H22O4/c1-21-19-13-12-18(16-20(19)22-2)11-7-15-24-23-14-6-10-17-8-4-3-5-9-17/h3-13,16H,14-15H2,1-2H3. The molecule has 24 heavy (non-hydrogen) atoms. The molecule has 0 amide bonds. The summed E-state index contributed by atoms with van der Waals surface area (Å²) in [7, 11) is 3.23. The summed E-state index contributed by atoms with van der Waals surface area (Å²) in [6.45, 7) is 0.770. The number of hydrogen-bond acceptors (Lipinski definition) is 4. The third-order valence-corrected chi connectivity index (χ3v) is 3.24. The van der Waals surface area contributed by atoms with Crippen LogP contribution in [0.2, 0.25) is 0 Å². The van der Waals surface area contributed by atoms with E-state index < -0.39 is 0 Å². The van der Waals surface area contributed by atoms with Gasteiger partial charge in [0.2, 0.25) is 0 Å². The van der Waals surface area contributed by atoms with Gasteiger partial charge in [0.15, 0.2) is 11.5 Å². The minimum atomic E-state index is 0.369. The highest BCUT2D eigenvalue weighted by Crippen LogP contribution is 2.27. The molecule has 0 radical (unpaired) electrons. The molecular weight excluding hydrogens is 304 g/mol. The Hall–Kier alpha value is -2.56. The number of hydrogen-bond donors (Lipinski definition) is 0. The van der Waals surface area contributed by atoms with Gasteiger partial charge in [0.05, 0.1) is 14.2 Å². The second-order valence-electron chi connectivity index (χ2n) is 4.90. The van der Waals surface area contributed by atoms with Gasteiger partial charge in [-0.3, -0.25) is 0 Å². The molecule has 0 saturated carbocycles. The largest absolute Gasteiger partial charge is 0.493 e. The smallest absolute Gasteiger partial charge is 0.161 e. The predicted molar refractivity (Wildman–Crippen MR) is 96.0 cm³/mol. The zero-order valence-corrected chi connectivity index (χ0v) is 14.0. The molecule has 0 fully saturated rings. The van der Waals surface area contributed by atoms with E-state index in [1.54, 1.807) is 14.2 Å². The Morgan fingerprint density at radius 2 is 1.33 bits per heavy atom. The SMILES string of the molecule is COc1ccc(C=CCOOCC=Cc2ccccc2)cc1OC. The van der Waals surface area contributed by atoms with Gasteiger partial charge in [0.1, 0.15) is 13.2 Å². The van der Waals surface area contributed by atoms with Gasteiger partial charge in [-0.15, -0.1) is 0 Å². The molecule has 126 valence electrons. The molecule has 0 aliphatic rings. The highest BCUT2D eigenvalue weighted by Gasteiger charge is 2.02. The van der Waals surface area contributed by atoms with Gasteiger partial charge in [-0.25, -0.2) is 9.78 Å². The molecule has 2 aromatic rings. The normalized spacial score (nSPS) is 11.2. The van der Waals surface area contributed by atoms with E-state index in [2.05, 4.69) is 0 Å². The minimum Gasteiger partial charge on any atom is -0.493 e. The molecule has 0 atom stereocenters. The zero-order valence-electron chi connectivity index (χ0n) is 14.0. The van der Waals surface area contributed by atoms with Crippen LogP contribution < -0.4 is 9.47 Å². The van der Waals surface area contributed by atoms with E-state index in [0.29, 0.717) is 24.7 Å². The maximum atomic E-state index is 5.26. The summed E-state index contributed by atoms with van der Waals surface area (Å²) in [6, 6.07) is 15.8. The summed E-state index contributed by atoms with van der Waals surface area (Å²) in [5.74, 6) is 1.40. The van der Waals surface area contributed by atoms with Gasteiger partial charge in [-0.2, -0.15) is 0 Å². The molecule has 0 spiro atoms. The summed E-state index contributed by atoms with van der Waals surface area (Å²) in [5, 5.41) is 0. The summed E-state index contributed by atoms with van der Waals surface area (Å²) in [5.41, 5.74) is 2.13. The quantitative estimate of drug-likeness (QED) is 0.389. The number of methoxy groups -OCH3 is 2. The first kappa shape index (κ1) is 17.8. The van der Waals surface area contributed by atoms with Crippen molar-refractivity contribution < 1.29 is 19.2 Å². The van der Waals surface area contributed by atoms with Crippen molar-refractivity contribution in [3.8, 4) is 11.5 Å². The Balaban J connectivity index is 1.68. The van der Waals surface area contributed by atoms with E-state index in [9.17, 15) is 0 Å². The van der Waals surface area contributed by atoms with Gasteiger partial charge >= 0.3 is 0 Å². The van der Waals surface area contributed by atoms with Crippen molar-refractivity contribution in [2.75, 3.05) is 27.4 Å². The van der Waals surface area contributed by atoms with Crippen LogP contribution in [-0.2, 0) is 9.78 Å². The van der Waals surface area contributed by atoms with Crippen LogP contribution in [0.4, 0.5) is 0 Å². The zero-order chi connectivity index (χ0) is 17.0. The molecule has 0 saturated heterocycles. The summed E-state index contributed by atoms with van der Waals surface area (Å²) < 4.78 is 10.5. The van der Waals surface area contributed by atoms with Crippen molar-refractivity contribution in [1.29, 1.82) is 0 Å². The lowest BCUT2D eigenvalue weighted by molar-refractivity contribution is -0.277. The molecule has 2 aromatic carbocycles. The third kappa shape index (κ3) is 5.91. The van der Waals surface area contributed by atoms with Crippen molar-refractivity contribution >= 4 is 12.2 Å². The molecule has 0 heterocycles. The van der Waals surface area contributed by atoms with Crippen molar-refractivity contribution in [2.24, 2.45) is 0 Å². The van der Waals surface area contributed by atoms with Crippen LogP contribution in [0, 0.1) is 0 Å². The third-order valence-electron chi connectivity index (χ3n) is 3.24. The van der Waals surface area contributed by atoms with Gasteiger partial charge < -0.3 is 9.47 Å². The lowest BCUT2D eigenvalue weighted by atomic mass is 10.2. The van der Waals surface area contributed by atoms with Crippen LogP contribution in [-0.4, -0.2) is 27.4 Å². The Morgan fingerprint density at radius 3 is 1.96 bits per heavy atom. The second kappa shape index (κ2) is 10.3. The molecule has 0 aliphatic carbocycles. The van der Waals surface area contributed by atoms with Crippen molar-refractivity contribution in [3.63, 3.8) is 0 Å². The molecule has 4 nitrogen and oxygen atoms in total. The molecule has 0 aliphatic heterocycles. The van der Waals surface area contributed by atoms with Crippen LogP contribution in [0.25, 0.3) is 12.2 Å². The average Bonchev–Trinajstić information content (AvgIpc) is 2.64. The van der Waals surface area contributed by atoms with Gasteiger partial charge in [0.25, 0.3) is 0 Å². The molecule has 0 N–H and O–H groups in total. The minimum absolute atomic E-state index is 0.369. The van der Waals surface area contributed by atoms with E-state index in [4.69, 9.17) is 19.2 Å². The fraction of sp³-hybridized carbons (Fsp3) is 0.200. The topological polar surface area (TPSA) is 36.9 Å². The number of rotatable bonds is 9. The van der Waals surface area contributed by atoms with Crippen LogP contribution in [0.1, 0.15) is 11.1 Å². The summed E-state index contributed by atoms with van der Waals surface area (Å²) >= 11 is 0. The van der Waals surface area contributed by atoms with Crippen molar-refractivity contribution in [2.45, 2.75) is 0 Å². The van der Waals surface area contributed by atoms with Crippen LogP contribution >= 0.6 is 0 Å². The van der Waals surface area contributed by atoms with Crippen LogP contribution in [0.3, 0.4) is 0 Å².